The van der Waals surface area contributed by atoms with E-state index in [4.69, 9.17) is 9.47 Å². The molecule has 0 bridgehead atoms. The SMILES string of the molecule is Cc1ccc(C(=O)c2cc3c(c(F)c2F)OCO3)c(C(=O)O)c1. The van der Waals surface area contributed by atoms with E-state index in [-0.39, 0.29) is 23.7 Å². The predicted molar refractivity (Wildman–Crippen MR) is 74.1 cm³/mol. The largest absolute Gasteiger partial charge is 0.478 e. The normalized spacial score (nSPS) is 12.3. The van der Waals surface area contributed by atoms with Crippen LogP contribution in [0.2, 0.25) is 0 Å². The topological polar surface area (TPSA) is 72.8 Å². The molecule has 0 radical (unpaired) electrons. The van der Waals surface area contributed by atoms with E-state index < -0.39 is 34.7 Å². The van der Waals surface area contributed by atoms with Gasteiger partial charge in [0.1, 0.15) is 0 Å². The Bertz CT molecular complexity index is 845. The summed E-state index contributed by atoms with van der Waals surface area (Å²) in [6, 6.07) is 5.08. The highest BCUT2D eigenvalue weighted by molar-refractivity contribution is 6.14. The Morgan fingerprint density at radius 3 is 2.48 bits per heavy atom. The smallest absolute Gasteiger partial charge is 0.336 e. The Morgan fingerprint density at radius 2 is 1.78 bits per heavy atom. The zero-order chi connectivity index (χ0) is 16.7. The molecule has 0 unspecified atom stereocenters. The van der Waals surface area contributed by atoms with Crippen molar-refractivity contribution in [3.8, 4) is 11.5 Å². The van der Waals surface area contributed by atoms with Gasteiger partial charge >= 0.3 is 5.97 Å². The summed E-state index contributed by atoms with van der Waals surface area (Å²) >= 11 is 0. The lowest BCUT2D eigenvalue weighted by Crippen LogP contribution is -2.12. The number of carbonyl (C=O) groups excluding carboxylic acids is 1. The highest BCUT2D eigenvalue weighted by atomic mass is 19.2. The van der Waals surface area contributed by atoms with Crippen LogP contribution in [0.4, 0.5) is 8.78 Å². The van der Waals surface area contributed by atoms with Crippen LogP contribution < -0.4 is 9.47 Å². The molecule has 5 nitrogen and oxygen atoms in total. The molecule has 0 amide bonds. The van der Waals surface area contributed by atoms with Crippen LogP contribution in [0, 0.1) is 18.6 Å². The van der Waals surface area contributed by atoms with Crippen molar-refractivity contribution in [1.82, 2.24) is 0 Å². The van der Waals surface area contributed by atoms with E-state index >= 15 is 0 Å². The number of carbonyl (C=O) groups is 2. The van der Waals surface area contributed by atoms with Gasteiger partial charge in [-0.1, -0.05) is 11.6 Å². The van der Waals surface area contributed by atoms with Crippen LogP contribution in [-0.2, 0) is 0 Å². The molecule has 0 aromatic heterocycles. The summed E-state index contributed by atoms with van der Waals surface area (Å²) in [6.45, 7) is 1.37. The van der Waals surface area contributed by atoms with Crippen molar-refractivity contribution in [1.29, 1.82) is 0 Å². The van der Waals surface area contributed by atoms with Crippen molar-refractivity contribution in [2.75, 3.05) is 6.79 Å². The third kappa shape index (κ3) is 2.40. The van der Waals surface area contributed by atoms with Crippen molar-refractivity contribution in [3.05, 3.63) is 58.2 Å². The number of ether oxygens (including phenoxy) is 2. The summed E-state index contributed by atoms with van der Waals surface area (Å²) < 4.78 is 37.8. The maximum absolute atomic E-state index is 14.1. The number of carboxylic acids is 1. The average Bonchev–Trinajstić information content (AvgIpc) is 2.98. The molecular formula is C16H10F2O5. The van der Waals surface area contributed by atoms with Crippen LogP contribution in [0.3, 0.4) is 0 Å². The molecule has 1 aliphatic rings. The molecule has 1 aliphatic heterocycles. The number of hydrogen-bond donors (Lipinski definition) is 1. The second-order valence-corrected chi connectivity index (χ2v) is 4.97. The van der Waals surface area contributed by atoms with Gasteiger partial charge in [-0.15, -0.1) is 0 Å². The van der Waals surface area contributed by atoms with E-state index in [0.29, 0.717) is 5.56 Å². The highest BCUT2D eigenvalue weighted by Gasteiger charge is 2.29. The monoisotopic (exact) mass is 320 g/mol. The number of benzene rings is 2. The molecule has 3 rings (SSSR count). The minimum Gasteiger partial charge on any atom is -0.478 e. The van der Waals surface area contributed by atoms with Gasteiger partial charge in [0, 0.05) is 5.56 Å². The van der Waals surface area contributed by atoms with E-state index in [1.165, 1.54) is 18.2 Å². The summed E-state index contributed by atoms with van der Waals surface area (Å²) in [6.07, 6.45) is 0. The van der Waals surface area contributed by atoms with Crippen molar-refractivity contribution in [2.24, 2.45) is 0 Å². The van der Waals surface area contributed by atoms with Gasteiger partial charge in [-0.05, 0) is 25.1 Å². The minimum atomic E-state index is -1.41. The fourth-order valence-electron chi connectivity index (χ4n) is 2.32. The molecule has 1 N–H and O–H groups in total. The lowest BCUT2D eigenvalue weighted by molar-refractivity contribution is 0.0692. The van der Waals surface area contributed by atoms with Crippen LogP contribution in [0.1, 0.15) is 31.8 Å². The first-order chi connectivity index (χ1) is 10.9. The van der Waals surface area contributed by atoms with Crippen molar-refractivity contribution >= 4 is 11.8 Å². The Kier molecular flexibility index (Phi) is 3.48. The first-order valence-corrected chi connectivity index (χ1v) is 6.56. The van der Waals surface area contributed by atoms with Gasteiger partial charge in [0.05, 0.1) is 11.1 Å². The zero-order valence-electron chi connectivity index (χ0n) is 11.9. The number of rotatable bonds is 3. The number of ketones is 1. The van der Waals surface area contributed by atoms with Crippen molar-refractivity contribution in [3.63, 3.8) is 0 Å². The number of hydrogen-bond acceptors (Lipinski definition) is 4. The molecule has 7 heteroatoms. The molecular weight excluding hydrogens is 310 g/mol. The lowest BCUT2D eigenvalue weighted by Gasteiger charge is -2.09. The summed E-state index contributed by atoms with van der Waals surface area (Å²) in [4.78, 5) is 23.8. The van der Waals surface area contributed by atoms with Crippen LogP contribution in [0.25, 0.3) is 0 Å². The number of carboxylic acid groups (broad SMARTS) is 1. The Morgan fingerprint density at radius 1 is 1.04 bits per heavy atom. The van der Waals surface area contributed by atoms with E-state index in [1.54, 1.807) is 6.92 Å². The van der Waals surface area contributed by atoms with Crippen LogP contribution in [-0.4, -0.2) is 23.7 Å². The van der Waals surface area contributed by atoms with Gasteiger partial charge in [-0.3, -0.25) is 4.79 Å². The summed E-state index contributed by atoms with van der Waals surface area (Å²) in [7, 11) is 0. The fourth-order valence-corrected chi connectivity index (χ4v) is 2.32. The molecule has 23 heavy (non-hydrogen) atoms. The van der Waals surface area contributed by atoms with Crippen molar-refractivity contribution in [2.45, 2.75) is 6.92 Å². The molecule has 118 valence electrons. The number of aryl methyl sites for hydroxylation is 1. The Labute approximate surface area is 129 Å². The van der Waals surface area contributed by atoms with Gasteiger partial charge in [-0.2, -0.15) is 4.39 Å². The molecule has 0 spiro atoms. The number of halogens is 2. The maximum atomic E-state index is 14.1. The Hall–Kier alpha value is -2.96. The Balaban J connectivity index is 2.16. The third-order valence-corrected chi connectivity index (χ3v) is 3.44. The standard InChI is InChI=1S/C16H10F2O5/c1-7-2-3-8(9(4-7)16(20)21)14(19)10-5-11-15(23-6-22-11)13(18)12(10)17/h2-5H,6H2,1H3,(H,20,21). The van der Waals surface area contributed by atoms with Gasteiger partial charge in [0.2, 0.25) is 18.4 Å². The van der Waals surface area contributed by atoms with Gasteiger partial charge in [0.15, 0.2) is 17.3 Å². The zero-order valence-corrected chi connectivity index (χ0v) is 11.9. The second kappa shape index (κ2) is 5.35. The first kappa shape index (κ1) is 15.0. The molecule has 2 aromatic carbocycles. The fraction of sp³-hybridized carbons (Fsp3) is 0.125. The highest BCUT2D eigenvalue weighted by Crippen LogP contribution is 2.38. The molecule has 0 fully saturated rings. The van der Waals surface area contributed by atoms with E-state index in [9.17, 15) is 23.5 Å². The minimum absolute atomic E-state index is 0.101. The molecule has 1 heterocycles. The second-order valence-electron chi connectivity index (χ2n) is 4.97. The van der Waals surface area contributed by atoms with Gasteiger partial charge < -0.3 is 14.6 Å². The number of aromatic carboxylic acids is 1. The molecule has 0 aliphatic carbocycles. The van der Waals surface area contributed by atoms with E-state index in [2.05, 4.69) is 0 Å². The third-order valence-electron chi connectivity index (χ3n) is 3.44. The van der Waals surface area contributed by atoms with Crippen LogP contribution >= 0.6 is 0 Å². The van der Waals surface area contributed by atoms with E-state index in [0.717, 1.165) is 6.07 Å². The summed E-state index contributed by atoms with van der Waals surface area (Å²) in [5, 5.41) is 9.20. The summed E-state index contributed by atoms with van der Waals surface area (Å²) in [5.41, 5.74) is -0.512. The van der Waals surface area contributed by atoms with Crippen molar-refractivity contribution < 1.29 is 33.0 Å². The first-order valence-electron chi connectivity index (χ1n) is 6.56. The predicted octanol–water partition coefficient (Wildman–Crippen LogP) is 2.93. The number of fused-ring (bicyclic) bond motifs is 1. The average molecular weight is 320 g/mol. The van der Waals surface area contributed by atoms with E-state index in [1.807, 2.05) is 0 Å². The molecule has 0 atom stereocenters. The molecule has 0 saturated heterocycles. The van der Waals surface area contributed by atoms with Crippen LogP contribution in [0.15, 0.2) is 24.3 Å². The quantitative estimate of drug-likeness (QED) is 0.880. The maximum Gasteiger partial charge on any atom is 0.336 e. The summed E-state index contributed by atoms with van der Waals surface area (Å²) in [5.74, 6) is -5.53. The van der Waals surface area contributed by atoms with Gasteiger partial charge in [-0.25, -0.2) is 9.18 Å². The lowest BCUT2D eigenvalue weighted by atomic mass is 9.96. The van der Waals surface area contributed by atoms with Crippen LogP contribution in [0.5, 0.6) is 11.5 Å². The van der Waals surface area contributed by atoms with Gasteiger partial charge in [0.25, 0.3) is 0 Å². The molecule has 0 saturated carbocycles. The molecule has 2 aromatic rings.